The summed E-state index contributed by atoms with van der Waals surface area (Å²) >= 11 is 0. The quantitative estimate of drug-likeness (QED) is 0.728. The highest BCUT2D eigenvalue weighted by atomic mass is 14.7. The largest absolute Gasteiger partial charge is 0.405 e. The first-order chi connectivity index (χ1) is 6.90. The van der Waals surface area contributed by atoms with Gasteiger partial charge in [0.15, 0.2) is 0 Å². The summed E-state index contributed by atoms with van der Waals surface area (Å²) in [5.74, 6) is 0. The van der Waals surface area contributed by atoms with Crippen molar-refractivity contribution in [2.45, 2.75) is 19.3 Å². The van der Waals surface area contributed by atoms with Crippen LogP contribution in [0.3, 0.4) is 0 Å². The summed E-state index contributed by atoms with van der Waals surface area (Å²) in [6.45, 7) is 0. The fourth-order valence-electron chi connectivity index (χ4n) is 1.79. The van der Waals surface area contributed by atoms with Gasteiger partial charge >= 0.3 is 0 Å². The molecule has 0 saturated heterocycles. The van der Waals surface area contributed by atoms with E-state index in [4.69, 9.17) is 5.73 Å². The Morgan fingerprint density at radius 1 is 1.36 bits per heavy atom. The van der Waals surface area contributed by atoms with Crippen LogP contribution in [0.5, 0.6) is 0 Å². The highest BCUT2D eigenvalue weighted by molar-refractivity contribution is 5.31. The second kappa shape index (κ2) is 4.09. The average Bonchev–Trinajstić information content (AvgIpc) is 2.26. The maximum Gasteiger partial charge on any atom is 0.0476 e. The summed E-state index contributed by atoms with van der Waals surface area (Å²) in [6, 6.07) is 4.17. The third-order valence-corrected chi connectivity index (χ3v) is 2.54. The van der Waals surface area contributed by atoms with Crippen molar-refractivity contribution in [1.29, 1.82) is 0 Å². The van der Waals surface area contributed by atoms with Crippen molar-refractivity contribution in [3.8, 4) is 0 Å². The molecule has 1 aromatic heterocycles. The van der Waals surface area contributed by atoms with Crippen LogP contribution in [0.15, 0.2) is 42.3 Å². The summed E-state index contributed by atoms with van der Waals surface area (Å²) in [7, 11) is 0. The van der Waals surface area contributed by atoms with Crippen LogP contribution in [-0.2, 0) is 12.8 Å². The minimum atomic E-state index is 0.973. The van der Waals surface area contributed by atoms with Gasteiger partial charge in [-0.3, -0.25) is 4.98 Å². The molecule has 14 heavy (non-hydrogen) atoms. The Kier molecular flexibility index (Phi) is 2.63. The minimum absolute atomic E-state index is 0.973. The molecule has 2 N–H and O–H groups in total. The van der Waals surface area contributed by atoms with Gasteiger partial charge in [0.25, 0.3) is 0 Å². The van der Waals surface area contributed by atoms with Crippen molar-refractivity contribution in [1.82, 2.24) is 4.98 Å². The summed E-state index contributed by atoms with van der Waals surface area (Å²) in [4.78, 5) is 4.38. The molecule has 0 amide bonds. The molecule has 0 aromatic carbocycles. The van der Waals surface area contributed by atoms with E-state index in [1.807, 2.05) is 18.3 Å². The van der Waals surface area contributed by atoms with E-state index in [2.05, 4.69) is 17.1 Å². The third kappa shape index (κ3) is 1.84. The van der Waals surface area contributed by atoms with Crippen molar-refractivity contribution in [2.75, 3.05) is 0 Å². The first-order valence-electron chi connectivity index (χ1n) is 4.89. The second-order valence-corrected chi connectivity index (χ2v) is 3.50. The number of hydrogen-bond acceptors (Lipinski definition) is 2. The summed E-state index contributed by atoms with van der Waals surface area (Å²) in [5.41, 5.74) is 9.32. The van der Waals surface area contributed by atoms with Gasteiger partial charge in [0.05, 0.1) is 0 Å². The van der Waals surface area contributed by atoms with Crippen LogP contribution in [0, 0.1) is 0 Å². The summed E-state index contributed by atoms with van der Waals surface area (Å²) in [6.07, 6.45) is 10.6. The van der Waals surface area contributed by atoms with Gasteiger partial charge in [-0.25, -0.2) is 0 Å². The number of rotatable bonds is 1. The van der Waals surface area contributed by atoms with Crippen LogP contribution in [0.25, 0.3) is 0 Å². The van der Waals surface area contributed by atoms with E-state index in [1.54, 1.807) is 6.20 Å². The van der Waals surface area contributed by atoms with Gasteiger partial charge < -0.3 is 5.73 Å². The van der Waals surface area contributed by atoms with Crippen LogP contribution >= 0.6 is 0 Å². The van der Waals surface area contributed by atoms with Crippen LogP contribution in [-0.4, -0.2) is 4.98 Å². The lowest BCUT2D eigenvalue weighted by atomic mass is 9.91. The number of nitrogens with two attached hydrogens (primary N) is 1. The Morgan fingerprint density at radius 3 is 3.14 bits per heavy atom. The van der Waals surface area contributed by atoms with E-state index < -0.39 is 0 Å². The Balaban J connectivity index is 2.21. The maximum atomic E-state index is 5.30. The molecular formula is C12H14N2. The van der Waals surface area contributed by atoms with Gasteiger partial charge in [-0.15, -0.1) is 0 Å². The molecule has 0 fully saturated rings. The number of aromatic nitrogens is 1. The van der Waals surface area contributed by atoms with Crippen molar-refractivity contribution >= 4 is 0 Å². The number of nitrogens with zero attached hydrogens (tertiary/aromatic N) is 1. The van der Waals surface area contributed by atoms with Gasteiger partial charge in [-0.1, -0.05) is 17.7 Å². The Morgan fingerprint density at radius 2 is 2.29 bits per heavy atom. The Labute approximate surface area is 84.2 Å². The van der Waals surface area contributed by atoms with Crippen molar-refractivity contribution in [3.05, 3.63) is 53.5 Å². The summed E-state index contributed by atoms with van der Waals surface area (Å²) in [5, 5.41) is 0. The van der Waals surface area contributed by atoms with Crippen molar-refractivity contribution < 1.29 is 0 Å². The number of pyridine rings is 1. The second-order valence-electron chi connectivity index (χ2n) is 3.50. The third-order valence-electron chi connectivity index (χ3n) is 2.54. The molecule has 0 saturated carbocycles. The van der Waals surface area contributed by atoms with Crippen LogP contribution in [0.4, 0.5) is 0 Å². The molecule has 2 heteroatoms. The highest BCUT2D eigenvalue weighted by Gasteiger charge is 2.12. The Bertz CT molecular complexity index is 378. The molecule has 0 spiro atoms. The van der Waals surface area contributed by atoms with E-state index in [-0.39, 0.29) is 0 Å². The smallest absolute Gasteiger partial charge is 0.0476 e. The molecule has 2 rings (SSSR count). The van der Waals surface area contributed by atoms with E-state index in [0.717, 1.165) is 19.3 Å². The average molecular weight is 186 g/mol. The molecular weight excluding hydrogens is 172 g/mol. The zero-order valence-electron chi connectivity index (χ0n) is 8.11. The Hall–Kier alpha value is -1.57. The van der Waals surface area contributed by atoms with E-state index in [0.29, 0.717) is 0 Å². The van der Waals surface area contributed by atoms with E-state index >= 15 is 0 Å². The number of fused-ring (bicyclic) bond motifs is 1. The molecule has 1 aliphatic rings. The molecule has 0 aliphatic heterocycles. The van der Waals surface area contributed by atoms with Crippen LogP contribution in [0.2, 0.25) is 0 Å². The minimum Gasteiger partial charge on any atom is -0.405 e. The van der Waals surface area contributed by atoms with Gasteiger partial charge in [0.1, 0.15) is 0 Å². The predicted molar refractivity (Wildman–Crippen MR) is 57.7 cm³/mol. The van der Waals surface area contributed by atoms with Gasteiger partial charge in [0.2, 0.25) is 0 Å². The highest BCUT2D eigenvalue weighted by Crippen LogP contribution is 2.22. The predicted octanol–water partition coefficient (Wildman–Crippen LogP) is 1.97. The van der Waals surface area contributed by atoms with Crippen LogP contribution < -0.4 is 5.73 Å². The first kappa shape index (κ1) is 9.00. The van der Waals surface area contributed by atoms with Gasteiger partial charge in [-0.2, -0.15) is 0 Å². The maximum absolute atomic E-state index is 5.30. The lowest BCUT2D eigenvalue weighted by Gasteiger charge is -2.16. The SMILES string of the molecule is N/C=C\C=C1\CCc2cccnc2C1. The number of hydrogen-bond donors (Lipinski definition) is 1. The zero-order chi connectivity index (χ0) is 9.80. The molecule has 1 aliphatic carbocycles. The fraction of sp³-hybridized carbons (Fsp3) is 0.250. The van der Waals surface area contributed by atoms with Crippen molar-refractivity contribution in [3.63, 3.8) is 0 Å². The first-order valence-corrected chi connectivity index (χ1v) is 4.89. The molecule has 0 unspecified atom stereocenters. The lowest BCUT2D eigenvalue weighted by Crippen LogP contribution is -2.07. The van der Waals surface area contributed by atoms with Gasteiger partial charge in [0, 0.05) is 18.3 Å². The van der Waals surface area contributed by atoms with Gasteiger partial charge in [-0.05, 0) is 36.7 Å². The van der Waals surface area contributed by atoms with E-state index in [1.165, 1.54) is 16.8 Å². The van der Waals surface area contributed by atoms with Crippen LogP contribution in [0.1, 0.15) is 17.7 Å². The molecule has 1 heterocycles. The molecule has 0 radical (unpaired) electrons. The molecule has 72 valence electrons. The van der Waals surface area contributed by atoms with E-state index in [9.17, 15) is 0 Å². The molecule has 1 aromatic rings. The van der Waals surface area contributed by atoms with Crippen molar-refractivity contribution in [2.24, 2.45) is 5.73 Å². The summed E-state index contributed by atoms with van der Waals surface area (Å²) < 4.78 is 0. The lowest BCUT2D eigenvalue weighted by molar-refractivity contribution is 0.808. The monoisotopic (exact) mass is 186 g/mol. The number of aryl methyl sites for hydroxylation is 1. The molecule has 2 nitrogen and oxygen atoms in total. The fourth-order valence-corrected chi connectivity index (χ4v) is 1.79. The zero-order valence-corrected chi connectivity index (χ0v) is 8.11. The topological polar surface area (TPSA) is 38.9 Å². The molecule has 0 atom stereocenters. The standard InChI is InChI=1S/C12H14N2/c13-7-1-3-10-5-6-11-4-2-8-14-12(11)9-10/h1-4,7-8H,5-6,9,13H2/b7-1-,10-3-. The number of allylic oxidation sites excluding steroid dienone is 3. The normalized spacial score (nSPS) is 18.7. The molecule has 0 bridgehead atoms.